The molecule has 0 atom stereocenters. The molecule has 0 saturated carbocycles. The van der Waals surface area contributed by atoms with Gasteiger partial charge in [0.05, 0.1) is 29.0 Å². The van der Waals surface area contributed by atoms with Crippen LogP contribution in [-0.4, -0.2) is 44.2 Å². The highest BCUT2D eigenvalue weighted by molar-refractivity contribution is 5.92. The predicted molar refractivity (Wildman–Crippen MR) is 103 cm³/mol. The fraction of sp³-hybridized carbons (Fsp3) is 0.333. The average molecular weight is 404 g/mol. The van der Waals surface area contributed by atoms with Crippen molar-refractivity contribution in [3.05, 3.63) is 50.4 Å². The van der Waals surface area contributed by atoms with E-state index >= 15 is 0 Å². The summed E-state index contributed by atoms with van der Waals surface area (Å²) < 4.78 is 5.81. The number of non-ortho nitro benzene ring substituents is 1. The van der Waals surface area contributed by atoms with E-state index in [1.807, 2.05) is 0 Å². The maximum atomic E-state index is 12.7. The van der Waals surface area contributed by atoms with Gasteiger partial charge in [0.2, 0.25) is 0 Å². The number of carbonyl (C=O) groups excluding carboxylic acids is 1. The maximum Gasteiger partial charge on any atom is 0.338 e. The van der Waals surface area contributed by atoms with Crippen molar-refractivity contribution in [1.82, 2.24) is 9.55 Å². The Labute approximate surface area is 165 Å². The number of carbonyl (C=O) groups is 2. The second kappa shape index (κ2) is 8.95. The van der Waals surface area contributed by atoms with Gasteiger partial charge in [-0.15, -0.1) is 0 Å². The molecule has 1 aromatic carbocycles. The molecule has 2 aromatic rings. The molecular weight excluding hydrogens is 384 g/mol. The van der Waals surface area contributed by atoms with Crippen molar-refractivity contribution in [2.75, 3.05) is 11.9 Å². The van der Waals surface area contributed by atoms with E-state index in [-0.39, 0.29) is 35.3 Å². The minimum Gasteiger partial charge on any atom is -0.480 e. The minimum atomic E-state index is -1.29. The topological polar surface area (TPSA) is 154 Å². The first-order chi connectivity index (χ1) is 13.6. The third-order valence-corrected chi connectivity index (χ3v) is 3.71. The summed E-state index contributed by atoms with van der Waals surface area (Å²) in [7, 11) is 0. The van der Waals surface area contributed by atoms with E-state index in [0.717, 1.165) is 16.7 Å². The first kappa shape index (κ1) is 21.5. The number of aliphatic carboxylic acids is 1. The van der Waals surface area contributed by atoms with Crippen LogP contribution in [0, 0.1) is 10.1 Å². The molecule has 0 saturated heterocycles. The van der Waals surface area contributed by atoms with Crippen molar-refractivity contribution in [2.24, 2.45) is 0 Å². The zero-order valence-electron chi connectivity index (χ0n) is 16.0. The van der Waals surface area contributed by atoms with Crippen LogP contribution in [0.25, 0.3) is 11.3 Å². The quantitative estimate of drug-likeness (QED) is 0.381. The molecule has 11 heteroatoms. The molecule has 0 aliphatic rings. The molecule has 2 rings (SSSR count). The molecule has 0 aliphatic heterocycles. The van der Waals surface area contributed by atoms with Crippen LogP contribution in [0.3, 0.4) is 0 Å². The lowest BCUT2D eigenvalue weighted by molar-refractivity contribution is -0.384. The van der Waals surface area contributed by atoms with Gasteiger partial charge in [-0.05, 0) is 26.8 Å². The van der Waals surface area contributed by atoms with E-state index < -0.39 is 34.7 Å². The Morgan fingerprint density at radius 3 is 2.59 bits per heavy atom. The Balaban J connectivity index is 2.73. The van der Waals surface area contributed by atoms with E-state index in [1.54, 1.807) is 20.8 Å². The molecule has 0 unspecified atom stereocenters. The third kappa shape index (κ3) is 5.15. The summed E-state index contributed by atoms with van der Waals surface area (Å²) >= 11 is 0. The number of nitro benzene ring substituents is 1. The fourth-order valence-corrected chi connectivity index (χ4v) is 2.58. The number of benzene rings is 1. The summed E-state index contributed by atoms with van der Waals surface area (Å²) in [6.45, 7) is 4.52. The number of carboxylic acid groups (broad SMARTS) is 1. The number of nitrogens with zero attached hydrogens (tertiary/aromatic N) is 3. The summed E-state index contributed by atoms with van der Waals surface area (Å²) in [4.78, 5) is 50.7. The Hall–Kier alpha value is -3.76. The number of esters is 1. The summed E-state index contributed by atoms with van der Waals surface area (Å²) in [5.41, 5.74) is -1.12. The molecule has 154 valence electrons. The molecular formula is C18H20N4O7. The van der Waals surface area contributed by atoms with Gasteiger partial charge < -0.3 is 15.2 Å². The monoisotopic (exact) mass is 404 g/mol. The van der Waals surface area contributed by atoms with Gasteiger partial charge in [0, 0.05) is 23.7 Å². The molecule has 0 bridgehead atoms. The standard InChI is InChI=1S/C18H20N4O7/c1-4-29-18(26)12-5-11(6-13(7-12)22(27)28)14-8-19-16(20-10(2)3)17(25)21(14)9-15(23)24/h5-8,10H,4,9H2,1-3H3,(H,19,20)(H,23,24). The molecule has 0 radical (unpaired) electrons. The van der Waals surface area contributed by atoms with Gasteiger partial charge in [-0.2, -0.15) is 0 Å². The Morgan fingerprint density at radius 2 is 2.03 bits per heavy atom. The normalized spacial score (nSPS) is 10.6. The number of hydrogen-bond acceptors (Lipinski definition) is 8. The van der Waals surface area contributed by atoms with Gasteiger partial charge in [-0.25, -0.2) is 9.78 Å². The summed E-state index contributed by atoms with van der Waals surface area (Å²) in [5.74, 6) is -2.12. The van der Waals surface area contributed by atoms with Crippen LogP contribution in [0.1, 0.15) is 31.1 Å². The zero-order valence-corrected chi connectivity index (χ0v) is 16.0. The number of nitrogens with one attached hydrogen (secondary N) is 1. The smallest absolute Gasteiger partial charge is 0.338 e. The first-order valence-electron chi connectivity index (χ1n) is 8.69. The zero-order chi connectivity index (χ0) is 21.7. The minimum absolute atomic E-state index is 0.0148. The van der Waals surface area contributed by atoms with Gasteiger partial charge in [0.25, 0.3) is 11.2 Å². The van der Waals surface area contributed by atoms with Crippen LogP contribution in [0.15, 0.2) is 29.2 Å². The van der Waals surface area contributed by atoms with Crippen molar-refractivity contribution in [3.8, 4) is 11.3 Å². The fourth-order valence-electron chi connectivity index (χ4n) is 2.58. The third-order valence-electron chi connectivity index (χ3n) is 3.71. The number of ether oxygens (including phenoxy) is 1. The van der Waals surface area contributed by atoms with Crippen LogP contribution in [0.5, 0.6) is 0 Å². The van der Waals surface area contributed by atoms with E-state index in [4.69, 9.17) is 4.74 Å². The number of aromatic nitrogens is 2. The number of nitro groups is 1. The lowest BCUT2D eigenvalue weighted by Crippen LogP contribution is -2.30. The number of anilines is 1. The molecule has 1 heterocycles. The molecule has 29 heavy (non-hydrogen) atoms. The van der Waals surface area contributed by atoms with E-state index in [9.17, 15) is 29.6 Å². The van der Waals surface area contributed by atoms with Gasteiger partial charge in [0.1, 0.15) is 6.54 Å². The highest BCUT2D eigenvalue weighted by atomic mass is 16.6. The highest BCUT2D eigenvalue weighted by Gasteiger charge is 2.20. The van der Waals surface area contributed by atoms with Crippen molar-refractivity contribution >= 4 is 23.4 Å². The lowest BCUT2D eigenvalue weighted by atomic mass is 10.1. The van der Waals surface area contributed by atoms with Crippen LogP contribution < -0.4 is 10.9 Å². The molecule has 1 aromatic heterocycles. The van der Waals surface area contributed by atoms with Crippen molar-refractivity contribution in [3.63, 3.8) is 0 Å². The number of hydrogen-bond donors (Lipinski definition) is 2. The maximum absolute atomic E-state index is 12.7. The van der Waals surface area contributed by atoms with Gasteiger partial charge >= 0.3 is 11.9 Å². The number of rotatable bonds is 8. The van der Waals surface area contributed by atoms with Crippen LogP contribution >= 0.6 is 0 Å². The molecule has 0 spiro atoms. The van der Waals surface area contributed by atoms with Gasteiger partial charge in [-0.3, -0.25) is 24.3 Å². The second-order valence-electron chi connectivity index (χ2n) is 6.32. The largest absolute Gasteiger partial charge is 0.480 e. The summed E-state index contributed by atoms with van der Waals surface area (Å²) in [6.07, 6.45) is 1.23. The Kier molecular flexibility index (Phi) is 6.65. The average Bonchev–Trinajstić information content (AvgIpc) is 2.64. The summed E-state index contributed by atoms with van der Waals surface area (Å²) in [5, 5.41) is 23.3. The predicted octanol–water partition coefficient (Wildman–Crippen LogP) is 1.90. The summed E-state index contributed by atoms with van der Waals surface area (Å²) in [6, 6.07) is 3.33. The van der Waals surface area contributed by atoms with Crippen LogP contribution in [0.4, 0.5) is 11.5 Å². The van der Waals surface area contributed by atoms with Crippen LogP contribution in [-0.2, 0) is 16.1 Å². The second-order valence-corrected chi connectivity index (χ2v) is 6.32. The van der Waals surface area contributed by atoms with Crippen LogP contribution in [0.2, 0.25) is 0 Å². The van der Waals surface area contributed by atoms with E-state index in [1.165, 1.54) is 12.3 Å². The molecule has 0 fully saturated rings. The lowest BCUT2D eigenvalue weighted by Gasteiger charge is -2.15. The van der Waals surface area contributed by atoms with Crippen molar-refractivity contribution < 1.29 is 24.4 Å². The highest BCUT2D eigenvalue weighted by Crippen LogP contribution is 2.26. The van der Waals surface area contributed by atoms with Crippen molar-refractivity contribution in [2.45, 2.75) is 33.4 Å². The number of carboxylic acids is 1. The first-order valence-corrected chi connectivity index (χ1v) is 8.69. The molecule has 0 aliphatic carbocycles. The molecule has 2 N–H and O–H groups in total. The van der Waals surface area contributed by atoms with Crippen molar-refractivity contribution in [1.29, 1.82) is 0 Å². The Morgan fingerprint density at radius 1 is 1.34 bits per heavy atom. The van der Waals surface area contributed by atoms with E-state index in [0.29, 0.717) is 0 Å². The molecule has 11 nitrogen and oxygen atoms in total. The van der Waals surface area contributed by atoms with Gasteiger partial charge in [0.15, 0.2) is 5.82 Å². The Bertz CT molecular complexity index is 1010. The van der Waals surface area contributed by atoms with E-state index in [2.05, 4.69) is 10.3 Å². The molecule has 0 amide bonds. The van der Waals surface area contributed by atoms with Gasteiger partial charge in [-0.1, -0.05) is 0 Å². The SMILES string of the molecule is CCOC(=O)c1cc(-c2cnc(NC(C)C)c(=O)n2CC(=O)O)cc([N+](=O)[O-])c1.